The zero-order valence-electron chi connectivity index (χ0n) is 12.1. The van der Waals surface area contributed by atoms with Crippen molar-refractivity contribution < 1.29 is 8.42 Å². The molecular formula is C14H21N3O2S2. The molecule has 1 unspecified atom stereocenters. The molecule has 1 aliphatic heterocycles. The Morgan fingerprint density at radius 3 is 2.43 bits per heavy atom. The van der Waals surface area contributed by atoms with Crippen molar-refractivity contribution in [2.45, 2.75) is 30.7 Å². The molecule has 1 atom stereocenters. The maximum absolute atomic E-state index is 12.3. The lowest BCUT2D eigenvalue weighted by Gasteiger charge is -2.21. The molecule has 0 aliphatic carbocycles. The van der Waals surface area contributed by atoms with Crippen LogP contribution in [0, 0.1) is 0 Å². The van der Waals surface area contributed by atoms with Gasteiger partial charge in [0.2, 0.25) is 10.0 Å². The average molecular weight is 327 g/mol. The molecule has 1 fully saturated rings. The standard InChI is InChI=1S/C14H21N3O2S2/c1-11(10-17-8-2-3-9-17)16-21(18,19)13-6-4-12(5-7-13)14(15)20/h4-7,11,16H,2-3,8-10H2,1H3,(H2,15,20). The molecule has 1 saturated heterocycles. The molecule has 7 heteroatoms. The number of hydrogen-bond acceptors (Lipinski definition) is 4. The first-order valence-electron chi connectivity index (χ1n) is 7.03. The first-order valence-corrected chi connectivity index (χ1v) is 8.92. The van der Waals surface area contributed by atoms with Crippen LogP contribution in [0.3, 0.4) is 0 Å². The van der Waals surface area contributed by atoms with Gasteiger partial charge in [-0.3, -0.25) is 0 Å². The third-order valence-corrected chi connectivity index (χ3v) is 5.38. The molecule has 0 saturated carbocycles. The summed E-state index contributed by atoms with van der Waals surface area (Å²) in [5.41, 5.74) is 6.17. The molecule has 1 aliphatic rings. The fourth-order valence-corrected chi connectivity index (χ4v) is 3.89. The quantitative estimate of drug-likeness (QED) is 0.765. The van der Waals surface area contributed by atoms with Gasteiger partial charge in [-0.05, 0) is 45.0 Å². The first-order chi connectivity index (χ1) is 9.88. The van der Waals surface area contributed by atoms with Crippen LogP contribution in [0.2, 0.25) is 0 Å². The van der Waals surface area contributed by atoms with Crippen molar-refractivity contribution in [1.82, 2.24) is 9.62 Å². The summed E-state index contributed by atoms with van der Waals surface area (Å²) in [5.74, 6) is 0. The van der Waals surface area contributed by atoms with Crippen LogP contribution < -0.4 is 10.5 Å². The number of hydrogen-bond donors (Lipinski definition) is 2. The number of nitrogens with zero attached hydrogens (tertiary/aromatic N) is 1. The lowest BCUT2D eigenvalue weighted by atomic mass is 10.2. The average Bonchev–Trinajstić information content (AvgIpc) is 2.90. The van der Waals surface area contributed by atoms with Crippen molar-refractivity contribution in [2.75, 3.05) is 19.6 Å². The van der Waals surface area contributed by atoms with Gasteiger partial charge in [0.1, 0.15) is 4.99 Å². The van der Waals surface area contributed by atoms with Crippen LogP contribution in [-0.2, 0) is 10.0 Å². The fourth-order valence-electron chi connectivity index (χ4n) is 2.52. The van der Waals surface area contributed by atoms with E-state index >= 15 is 0 Å². The van der Waals surface area contributed by atoms with E-state index in [9.17, 15) is 8.42 Å². The predicted molar refractivity (Wildman–Crippen MR) is 87.8 cm³/mol. The molecule has 116 valence electrons. The van der Waals surface area contributed by atoms with Gasteiger partial charge in [0, 0.05) is 18.2 Å². The monoisotopic (exact) mass is 327 g/mol. The zero-order valence-corrected chi connectivity index (χ0v) is 13.7. The van der Waals surface area contributed by atoms with Gasteiger partial charge in [-0.15, -0.1) is 0 Å². The summed E-state index contributed by atoms with van der Waals surface area (Å²) >= 11 is 4.86. The molecule has 1 aromatic rings. The molecular weight excluding hydrogens is 306 g/mol. The largest absolute Gasteiger partial charge is 0.389 e. The van der Waals surface area contributed by atoms with Crippen molar-refractivity contribution >= 4 is 27.2 Å². The summed E-state index contributed by atoms with van der Waals surface area (Å²) in [4.78, 5) is 2.77. The van der Waals surface area contributed by atoms with Gasteiger partial charge in [0.05, 0.1) is 4.90 Å². The maximum Gasteiger partial charge on any atom is 0.240 e. The number of rotatable bonds is 6. The number of benzene rings is 1. The summed E-state index contributed by atoms with van der Waals surface area (Å²) in [6, 6.07) is 6.19. The number of nitrogens with two attached hydrogens (primary N) is 1. The van der Waals surface area contributed by atoms with E-state index in [0.29, 0.717) is 5.56 Å². The van der Waals surface area contributed by atoms with Crippen molar-refractivity contribution in [3.8, 4) is 0 Å². The molecule has 21 heavy (non-hydrogen) atoms. The topological polar surface area (TPSA) is 75.4 Å². The van der Waals surface area contributed by atoms with Gasteiger partial charge in [0.15, 0.2) is 0 Å². The second-order valence-electron chi connectivity index (χ2n) is 5.42. The van der Waals surface area contributed by atoms with E-state index in [4.69, 9.17) is 18.0 Å². The number of likely N-dealkylation sites (tertiary alicyclic amines) is 1. The van der Waals surface area contributed by atoms with Gasteiger partial charge < -0.3 is 10.6 Å². The highest BCUT2D eigenvalue weighted by Crippen LogP contribution is 2.12. The first kappa shape index (κ1) is 16.4. The molecule has 0 bridgehead atoms. The third kappa shape index (κ3) is 4.47. The minimum absolute atomic E-state index is 0.122. The van der Waals surface area contributed by atoms with Crippen molar-refractivity contribution in [3.05, 3.63) is 29.8 Å². The normalized spacial score (nSPS) is 17.8. The molecule has 5 nitrogen and oxygen atoms in total. The molecule has 0 amide bonds. The molecule has 0 radical (unpaired) electrons. The summed E-state index contributed by atoms with van der Waals surface area (Å²) in [5, 5.41) is 0. The van der Waals surface area contributed by atoms with Crippen molar-refractivity contribution in [2.24, 2.45) is 5.73 Å². The van der Waals surface area contributed by atoms with E-state index in [1.54, 1.807) is 12.1 Å². The Labute approximate surface area is 131 Å². The highest BCUT2D eigenvalue weighted by molar-refractivity contribution is 7.89. The van der Waals surface area contributed by atoms with Crippen LogP contribution in [0.4, 0.5) is 0 Å². The second-order valence-corrected chi connectivity index (χ2v) is 7.57. The van der Waals surface area contributed by atoms with Crippen LogP contribution in [0.1, 0.15) is 25.3 Å². The van der Waals surface area contributed by atoms with Crippen LogP contribution in [0.5, 0.6) is 0 Å². The summed E-state index contributed by atoms with van der Waals surface area (Å²) in [6.45, 7) is 4.73. The van der Waals surface area contributed by atoms with Crippen LogP contribution in [0.25, 0.3) is 0 Å². The van der Waals surface area contributed by atoms with E-state index in [1.807, 2.05) is 6.92 Å². The smallest absolute Gasteiger partial charge is 0.240 e. The zero-order chi connectivity index (χ0) is 15.5. The minimum atomic E-state index is -3.50. The van der Waals surface area contributed by atoms with E-state index in [-0.39, 0.29) is 15.9 Å². The summed E-state index contributed by atoms with van der Waals surface area (Å²) in [6.07, 6.45) is 2.39. The molecule has 1 heterocycles. The number of nitrogens with one attached hydrogen (secondary N) is 1. The second kappa shape index (κ2) is 6.83. The van der Waals surface area contributed by atoms with Gasteiger partial charge in [0.25, 0.3) is 0 Å². The molecule has 0 spiro atoms. The third-order valence-electron chi connectivity index (χ3n) is 3.54. The van der Waals surface area contributed by atoms with Gasteiger partial charge in [-0.1, -0.05) is 24.4 Å². The Morgan fingerprint density at radius 1 is 1.33 bits per heavy atom. The lowest BCUT2D eigenvalue weighted by molar-refractivity contribution is 0.313. The minimum Gasteiger partial charge on any atom is -0.389 e. The number of thiocarbonyl (C=S) groups is 1. The fraction of sp³-hybridized carbons (Fsp3) is 0.500. The highest BCUT2D eigenvalue weighted by Gasteiger charge is 2.20. The Morgan fingerprint density at radius 2 is 1.90 bits per heavy atom. The van der Waals surface area contributed by atoms with Crippen LogP contribution >= 0.6 is 12.2 Å². The van der Waals surface area contributed by atoms with Crippen molar-refractivity contribution in [3.63, 3.8) is 0 Å². The molecule has 2 rings (SSSR count). The van der Waals surface area contributed by atoms with E-state index < -0.39 is 10.0 Å². The molecule has 1 aromatic carbocycles. The molecule has 3 N–H and O–H groups in total. The summed E-state index contributed by atoms with van der Waals surface area (Å²) in [7, 11) is -3.50. The summed E-state index contributed by atoms with van der Waals surface area (Å²) < 4.78 is 27.3. The Balaban J connectivity index is 2.01. The molecule has 0 aromatic heterocycles. The van der Waals surface area contributed by atoms with E-state index in [1.165, 1.54) is 25.0 Å². The van der Waals surface area contributed by atoms with Gasteiger partial charge in [-0.2, -0.15) is 0 Å². The number of sulfonamides is 1. The van der Waals surface area contributed by atoms with Crippen LogP contribution in [0.15, 0.2) is 29.2 Å². The maximum atomic E-state index is 12.3. The predicted octanol–water partition coefficient (Wildman–Crippen LogP) is 1.08. The Hall–Kier alpha value is -1.02. The Bertz CT molecular complexity index is 593. The van der Waals surface area contributed by atoms with Gasteiger partial charge in [-0.25, -0.2) is 13.1 Å². The van der Waals surface area contributed by atoms with Gasteiger partial charge >= 0.3 is 0 Å². The van der Waals surface area contributed by atoms with E-state index in [0.717, 1.165) is 19.6 Å². The lowest BCUT2D eigenvalue weighted by Crippen LogP contribution is -2.41. The SMILES string of the molecule is CC(CN1CCCC1)NS(=O)(=O)c1ccc(C(N)=S)cc1. The van der Waals surface area contributed by atoms with Crippen LogP contribution in [-0.4, -0.2) is 44.0 Å². The Kier molecular flexibility index (Phi) is 5.32. The highest BCUT2D eigenvalue weighted by atomic mass is 32.2. The van der Waals surface area contributed by atoms with E-state index in [2.05, 4.69) is 9.62 Å². The van der Waals surface area contributed by atoms with Crippen molar-refractivity contribution in [1.29, 1.82) is 0 Å².